The number of pyridine rings is 1. The Kier molecular flexibility index (Phi) is 4.55. The van der Waals surface area contributed by atoms with E-state index >= 15 is 0 Å². The molecule has 0 spiro atoms. The first-order valence-corrected chi connectivity index (χ1v) is 6.26. The highest BCUT2D eigenvalue weighted by Gasteiger charge is 2.12. The van der Waals surface area contributed by atoms with Crippen molar-refractivity contribution in [3.05, 3.63) is 53.7 Å². The third-order valence-corrected chi connectivity index (χ3v) is 2.80. The number of aromatic carboxylic acids is 1. The molecule has 21 heavy (non-hydrogen) atoms. The van der Waals surface area contributed by atoms with Crippen LogP contribution in [-0.4, -0.2) is 34.0 Å². The van der Waals surface area contributed by atoms with Crippen molar-refractivity contribution in [3.8, 4) is 0 Å². The standard InChI is InChI=1S/C14H15N3O4/c1-17(9-10-4-6-15-7-5-10)14(20)16-8-11-2-3-12(21-11)13(18)19/h2-7H,8-9H2,1H3,(H,16,20)(H,18,19). The van der Waals surface area contributed by atoms with Gasteiger partial charge in [-0.15, -0.1) is 0 Å². The quantitative estimate of drug-likeness (QED) is 0.873. The van der Waals surface area contributed by atoms with Crippen molar-refractivity contribution in [3.63, 3.8) is 0 Å². The van der Waals surface area contributed by atoms with Gasteiger partial charge in [0.2, 0.25) is 5.76 Å². The van der Waals surface area contributed by atoms with Gasteiger partial charge in [0.15, 0.2) is 0 Å². The lowest BCUT2D eigenvalue weighted by molar-refractivity contribution is 0.0660. The number of urea groups is 1. The lowest BCUT2D eigenvalue weighted by Gasteiger charge is -2.17. The second-order valence-corrected chi connectivity index (χ2v) is 4.44. The van der Waals surface area contributed by atoms with Gasteiger partial charge in [0.05, 0.1) is 6.54 Å². The van der Waals surface area contributed by atoms with Crippen molar-refractivity contribution in [2.45, 2.75) is 13.1 Å². The molecule has 2 rings (SSSR count). The first-order valence-electron chi connectivity index (χ1n) is 6.26. The van der Waals surface area contributed by atoms with Gasteiger partial charge in [0, 0.05) is 26.0 Å². The van der Waals surface area contributed by atoms with E-state index in [1.54, 1.807) is 19.4 Å². The molecule has 0 radical (unpaired) electrons. The number of nitrogens with one attached hydrogen (secondary N) is 1. The minimum Gasteiger partial charge on any atom is -0.475 e. The van der Waals surface area contributed by atoms with E-state index in [2.05, 4.69) is 10.3 Å². The van der Waals surface area contributed by atoms with E-state index in [0.29, 0.717) is 12.3 Å². The Labute approximate surface area is 121 Å². The number of aromatic nitrogens is 1. The third kappa shape index (κ3) is 4.07. The fourth-order valence-corrected chi connectivity index (χ4v) is 1.72. The lowest BCUT2D eigenvalue weighted by atomic mass is 10.2. The largest absolute Gasteiger partial charge is 0.475 e. The minimum absolute atomic E-state index is 0.132. The molecule has 7 nitrogen and oxygen atoms in total. The number of carbonyl (C=O) groups is 2. The molecule has 0 saturated heterocycles. The zero-order valence-corrected chi connectivity index (χ0v) is 11.4. The molecular weight excluding hydrogens is 274 g/mol. The minimum atomic E-state index is -1.14. The summed E-state index contributed by atoms with van der Waals surface area (Å²) in [6.45, 7) is 0.583. The third-order valence-electron chi connectivity index (χ3n) is 2.80. The van der Waals surface area contributed by atoms with Gasteiger partial charge in [-0.3, -0.25) is 4.98 Å². The van der Waals surface area contributed by atoms with Crippen LogP contribution in [0.2, 0.25) is 0 Å². The molecule has 7 heteroatoms. The Morgan fingerprint density at radius 3 is 2.62 bits per heavy atom. The number of nitrogens with zero attached hydrogens (tertiary/aromatic N) is 2. The zero-order chi connectivity index (χ0) is 15.2. The van der Waals surface area contributed by atoms with Gasteiger partial charge in [0.1, 0.15) is 5.76 Å². The molecule has 0 fully saturated rings. The average Bonchev–Trinajstić information content (AvgIpc) is 2.95. The van der Waals surface area contributed by atoms with E-state index in [1.807, 2.05) is 12.1 Å². The van der Waals surface area contributed by atoms with Gasteiger partial charge in [0.25, 0.3) is 0 Å². The highest BCUT2D eigenvalue weighted by atomic mass is 16.4. The zero-order valence-electron chi connectivity index (χ0n) is 11.4. The van der Waals surface area contributed by atoms with Crippen molar-refractivity contribution < 1.29 is 19.1 Å². The highest BCUT2D eigenvalue weighted by Crippen LogP contribution is 2.08. The van der Waals surface area contributed by atoms with Crippen LogP contribution in [0.5, 0.6) is 0 Å². The topological polar surface area (TPSA) is 95.7 Å². The summed E-state index contributed by atoms with van der Waals surface area (Å²) in [5, 5.41) is 11.4. The van der Waals surface area contributed by atoms with Crippen molar-refractivity contribution in [1.82, 2.24) is 15.2 Å². The predicted molar refractivity (Wildman–Crippen MR) is 73.6 cm³/mol. The molecule has 0 saturated carbocycles. The number of rotatable bonds is 5. The highest BCUT2D eigenvalue weighted by molar-refractivity contribution is 5.84. The summed E-state index contributed by atoms with van der Waals surface area (Å²) in [5.74, 6) is -0.898. The number of carbonyl (C=O) groups excluding carboxylic acids is 1. The maximum atomic E-state index is 11.9. The van der Waals surface area contributed by atoms with Crippen LogP contribution in [0.1, 0.15) is 21.9 Å². The predicted octanol–water partition coefficient (Wildman–Crippen LogP) is 1.71. The van der Waals surface area contributed by atoms with Crippen LogP contribution in [-0.2, 0) is 13.1 Å². The fourth-order valence-electron chi connectivity index (χ4n) is 1.72. The van der Waals surface area contributed by atoms with Gasteiger partial charge < -0.3 is 19.7 Å². The number of hydrogen-bond donors (Lipinski definition) is 2. The molecule has 0 aliphatic rings. The van der Waals surface area contributed by atoms with E-state index < -0.39 is 5.97 Å². The number of carboxylic acids is 1. The normalized spacial score (nSPS) is 10.1. The Morgan fingerprint density at radius 2 is 2.00 bits per heavy atom. The van der Waals surface area contributed by atoms with Gasteiger partial charge in [-0.2, -0.15) is 0 Å². The van der Waals surface area contributed by atoms with E-state index in [1.165, 1.54) is 17.0 Å². The molecule has 0 aliphatic heterocycles. The SMILES string of the molecule is CN(Cc1ccncc1)C(=O)NCc1ccc(C(=O)O)o1. The Hall–Kier alpha value is -2.83. The molecule has 2 aromatic rings. The van der Waals surface area contributed by atoms with Gasteiger partial charge in [-0.05, 0) is 29.8 Å². The summed E-state index contributed by atoms with van der Waals surface area (Å²) in [7, 11) is 1.67. The molecule has 2 N–H and O–H groups in total. The average molecular weight is 289 g/mol. The molecule has 2 aromatic heterocycles. The molecule has 0 atom stereocenters. The number of amides is 2. The van der Waals surface area contributed by atoms with Crippen molar-refractivity contribution >= 4 is 12.0 Å². The van der Waals surface area contributed by atoms with Crippen LogP contribution in [0.3, 0.4) is 0 Å². The fraction of sp³-hybridized carbons (Fsp3) is 0.214. The van der Waals surface area contributed by atoms with Crippen molar-refractivity contribution in [2.24, 2.45) is 0 Å². The molecule has 0 aliphatic carbocycles. The molecule has 0 unspecified atom stereocenters. The summed E-state index contributed by atoms with van der Waals surface area (Å²) >= 11 is 0. The first kappa shape index (κ1) is 14.6. The smallest absolute Gasteiger partial charge is 0.371 e. The van der Waals surface area contributed by atoms with E-state index in [9.17, 15) is 9.59 Å². The summed E-state index contributed by atoms with van der Waals surface area (Å²) in [4.78, 5) is 28.0. The van der Waals surface area contributed by atoms with E-state index in [-0.39, 0.29) is 18.3 Å². The van der Waals surface area contributed by atoms with Crippen LogP contribution in [0.25, 0.3) is 0 Å². The number of hydrogen-bond acceptors (Lipinski definition) is 4. The van der Waals surface area contributed by atoms with Gasteiger partial charge in [-0.25, -0.2) is 9.59 Å². The molecule has 2 heterocycles. The van der Waals surface area contributed by atoms with Gasteiger partial charge in [-0.1, -0.05) is 0 Å². The molecular formula is C14H15N3O4. The first-order chi connectivity index (χ1) is 10.1. The Bertz CT molecular complexity index is 624. The monoisotopic (exact) mass is 289 g/mol. The number of carboxylic acid groups (broad SMARTS) is 1. The van der Waals surface area contributed by atoms with E-state index in [0.717, 1.165) is 5.56 Å². The van der Waals surface area contributed by atoms with Crippen LogP contribution in [0.15, 0.2) is 41.1 Å². The Morgan fingerprint density at radius 1 is 1.29 bits per heavy atom. The summed E-state index contributed by atoms with van der Waals surface area (Å²) in [6, 6.07) is 6.25. The maximum Gasteiger partial charge on any atom is 0.371 e. The molecule has 0 aromatic carbocycles. The van der Waals surface area contributed by atoms with Crippen LogP contribution in [0, 0.1) is 0 Å². The second kappa shape index (κ2) is 6.56. The summed E-state index contributed by atoms with van der Waals surface area (Å²) in [5.41, 5.74) is 0.966. The van der Waals surface area contributed by atoms with E-state index in [4.69, 9.17) is 9.52 Å². The second-order valence-electron chi connectivity index (χ2n) is 4.44. The summed E-state index contributed by atoms with van der Waals surface area (Å²) in [6.07, 6.45) is 3.33. The molecule has 0 bridgehead atoms. The summed E-state index contributed by atoms with van der Waals surface area (Å²) < 4.78 is 5.05. The van der Waals surface area contributed by atoms with Crippen molar-refractivity contribution in [2.75, 3.05) is 7.05 Å². The Balaban J connectivity index is 1.84. The van der Waals surface area contributed by atoms with Crippen LogP contribution >= 0.6 is 0 Å². The van der Waals surface area contributed by atoms with Crippen molar-refractivity contribution in [1.29, 1.82) is 0 Å². The van der Waals surface area contributed by atoms with Crippen LogP contribution in [0.4, 0.5) is 4.79 Å². The molecule has 2 amide bonds. The van der Waals surface area contributed by atoms with Crippen LogP contribution < -0.4 is 5.32 Å². The van der Waals surface area contributed by atoms with Gasteiger partial charge >= 0.3 is 12.0 Å². The number of furan rings is 1. The maximum absolute atomic E-state index is 11.9. The molecule has 110 valence electrons. The lowest BCUT2D eigenvalue weighted by Crippen LogP contribution is -2.36.